The summed E-state index contributed by atoms with van der Waals surface area (Å²) in [6.07, 6.45) is 26.1. The minimum Gasteiger partial charge on any atom is -0.512 e. The Labute approximate surface area is 148 Å². The molecule has 0 amide bonds. The molecule has 0 heterocycles. The van der Waals surface area contributed by atoms with Gasteiger partial charge in [0.1, 0.15) is 5.60 Å². The van der Waals surface area contributed by atoms with Crippen LogP contribution in [-0.4, -0.2) is 15.8 Å². The SMILES string of the molecule is CCCCCCCCCCCC=CC=CC1(O)C=CC=C(O)C1C. The smallest absolute Gasteiger partial charge is 0.111 e. The van der Waals surface area contributed by atoms with Gasteiger partial charge in [-0.2, -0.15) is 0 Å². The molecule has 0 fully saturated rings. The average Bonchev–Trinajstić information content (AvgIpc) is 2.57. The average molecular weight is 333 g/mol. The van der Waals surface area contributed by atoms with Gasteiger partial charge in [0.2, 0.25) is 0 Å². The first-order chi connectivity index (χ1) is 11.6. The van der Waals surface area contributed by atoms with Crippen LogP contribution in [0.3, 0.4) is 0 Å². The maximum Gasteiger partial charge on any atom is 0.111 e. The number of aliphatic hydroxyl groups excluding tert-OH is 1. The van der Waals surface area contributed by atoms with Gasteiger partial charge in [-0.1, -0.05) is 89.5 Å². The summed E-state index contributed by atoms with van der Waals surface area (Å²) < 4.78 is 0. The van der Waals surface area contributed by atoms with Gasteiger partial charge < -0.3 is 10.2 Å². The number of hydrogen-bond donors (Lipinski definition) is 2. The van der Waals surface area contributed by atoms with Crippen molar-refractivity contribution in [1.82, 2.24) is 0 Å². The van der Waals surface area contributed by atoms with Crippen LogP contribution in [-0.2, 0) is 0 Å². The van der Waals surface area contributed by atoms with E-state index in [4.69, 9.17) is 0 Å². The highest BCUT2D eigenvalue weighted by molar-refractivity contribution is 5.30. The minimum absolute atomic E-state index is 0.225. The van der Waals surface area contributed by atoms with Crippen LogP contribution in [0, 0.1) is 5.92 Å². The first-order valence-electron chi connectivity index (χ1n) is 9.75. The van der Waals surface area contributed by atoms with Gasteiger partial charge in [-0.05, 0) is 31.1 Å². The standard InChI is InChI=1S/C22H36O2/c1-3-4-5-6-7-8-9-10-11-12-13-14-15-18-22(24)19-16-17-21(23)20(22)2/h13-20,23-24H,3-12H2,1-2H3. The lowest BCUT2D eigenvalue weighted by Crippen LogP contribution is -2.34. The van der Waals surface area contributed by atoms with Crippen LogP contribution in [0.5, 0.6) is 0 Å². The van der Waals surface area contributed by atoms with E-state index in [-0.39, 0.29) is 11.7 Å². The summed E-state index contributed by atoms with van der Waals surface area (Å²) in [5, 5.41) is 20.2. The molecule has 0 saturated heterocycles. The van der Waals surface area contributed by atoms with Crippen LogP contribution in [0.25, 0.3) is 0 Å². The second kappa shape index (κ2) is 12.1. The molecule has 1 rings (SSSR count). The van der Waals surface area contributed by atoms with Crippen LogP contribution in [0.2, 0.25) is 0 Å². The van der Waals surface area contributed by atoms with Crippen molar-refractivity contribution in [3.05, 3.63) is 48.3 Å². The van der Waals surface area contributed by atoms with Crippen molar-refractivity contribution in [1.29, 1.82) is 0 Å². The lowest BCUT2D eigenvalue weighted by molar-refractivity contribution is 0.0767. The Morgan fingerprint density at radius 3 is 2.29 bits per heavy atom. The number of unbranched alkanes of at least 4 members (excludes halogenated alkanes) is 9. The zero-order valence-corrected chi connectivity index (χ0v) is 15.6. The molecule has 0 bridgehead atoms. The summed E-state index contributed by atoms with van der Waals surface area (Å²) in [5.74, 6) is -0.0761. The monoisotopic (exact) mass is 332 g/mol. The van der Waals surface area contributed by atoms with Gasteiger partial charge >= 0.3 is 0 Å². The molecule has 2 atom stereocenters. The summed E-state index contributed by atoms with van der Waals surface area (Å²) >= 11 is 0. The Balaban J connectivity index is 2.07. The molecule has 0 aromatic carbocycles. The number of hydrogen-bond acceptors (Lipinski definition) is 2. The minimum atomic E-state index is -1.08. The molecule has 0 aromatic rings. The maximum absolute atomic E-state index is 10.5. The van der Waals surface area contributed by atoms with Gasteiger partial charge in [-0.25, -0.2) is 0 Å². The highest BCUT2D eigenvalue weighted by atomic mass is 16.3. The van der Waals surface area contributed by atoms with E-state index in [0.717, 1.165) is 6.42 Å². The summed E-state index contributed by atoms with van der Waals surface area (Å²) in [4.78, 5) is 0. The van der Waals surface area contributed by atoms with Crippen molar-refractivity contribution in [2.45, 2.75) is 83.7 Å². The Morgan fingerprint density at radius 2 is 1.62 bits per heavy atom. The van der Waals surface area contributed by atoms with Crippen molar-refractivity contribution >= 4 is 0 Å². The molecule has 2 nitrogen and oxygen atoms in total. The van der Waals surface area contributed by atoms with Gasteiger partial charge in [0.25, 0.3) is 0 Å². The third kappa shape index (κ3) is 8.01. The molecule has 136 valence electrons. The molecule has 1 aliphatic rings. The molecule has 0 aliphatic heterocycles. The molecule has 0 spiro atoms. The van der Waals surface area contributed by atoms with Crippen LogP contribution in [0.4, 0.5) is 0 Å². The normalized spacial score (nSPS) is 24.1. The highest BCUT2D eigenvalue weighted by Crippen LogP contribution is 2.29. The number of rotatable bonds is 12. The summed E-state index contributed by atoms with van der Waals surface area (Å²) in [7, 11) is 0. The van der Waals surface area contributed by atoms with E-state index < -0.39 is 5.60 Å². The van der Waals surface area contributed by atoms with Crippen molar-refractivity contribution < 1.29 is 10.2 Å². The zero-order valence-electron chi connectivity index (χ0n) is 15.6. The third-order valence-electron chi connectivity index (χ3n) is 4.85. The molecular formula is C22H36O2. The first-order valence-corrected chi connectivity index (χ1v) is 9.75. The molecule has 24 heavy (non-hydrogen) atoms. The van der Waals surface area contributed by atoms with Gasteiger partial charge in [0.15, 0.2) is 0 Å². The van der Waals surface area contributed by atoms with E-state index in [2.05, 4.69) is 13.0 Å². The molecule has 1 aliphatic carbocycles. The van der Waals surface area contributed by atoms with Crippen molar-refractivity contribution in [3.63, 3.8) is 0 Å². The fraction of sp³-hybridized carbons (Fsp3) is 0.636. The van der Waals surface area contributed by atoms with Crippen molar-refractivity contribution in [2.75, 3.05) is 0 Å². The Morgan fingerprint density at radius 1 is 1.00 bits per heavy atom. The predicted molar refractivity (Wildman–Crippen MR) is 104 cm³/mol. The highest BCUT2D eigenvalue weighted by Gasteiger charge is 2.32. The first kappa shape index (κ1) is 20.8. The quantitative estimate of drug-likeness (QED) is 0.321. The topological polar surface area (TPSA) is 40.5 Å². The van der Waals surface area contributed by atoms with E-state index in [9.17, 15) is 10.2 Å². The summed E-state index contributed by atoms with van der Waals surface area (Å²) in [5.41, 5.74) is -1.08. The Kier molecular flexibility index (Phi) is 10.5. The van der Waals surface area contributed by atoms with Gasteiger partial charge in [0, 0.05) is 5.92 Å². The zero-order chi connectivity index (χ0) is 17.7. The van der Waals surface area contributed by atoms with Crippen LogP contribution in [0.1, 0.15) is 78.1 Å². The van der Waals surface area contributed by atoms with Gasteiger partial charge in [-0.15, -0.1) is 0 Å². The van der Waals surface area contributed by atoms with E-state index in [1.165, 1.54) is 57.8 Å². The van der Waals surface area contributed by atoms with Crippen LogP contribution < -0.4 is 0 Å². The number of allylic oxidation sites excluding steroid dienone is 5. The second-order valence-corrected chi connectivity index (χ2v) is 6.96. The molecule has 0 radical (unpaired) electrons. The second-order valence-electron chi connectivity index (χ2n) is 6.96. The molecule has 0 aromatic heterocycles. The van der Waals surface area contributed by atoms with E-state index in [1.807, 2.05) is 19.1 Å². The molecule has 2 heteroatoms. The van der Waals surface area contributed by atoms with Crippen molar-refractivity contribution in [3.8, 4) is 0 Å². The lowest BCUT2D eigenvalue weighted by atomic mass is 9.83. The van der Waals surface area contributed by atoms with Gasteiger partial charge in [0.05, 0.1) is 5.76 Å². The van der Waals surface area contributed by atoms with E-state index >= 15 is 0 Å². The summed E-state index contributed by atoms with van der Waals surface area (Å²) in [6.45, 7) is 4.09. The van der Waals surface area contributed by atoms with Gasteiger partial charge in [-0.3, -0.25) is 0 Å². The van der Waals surface area contributed by atoms with Crippen LogP contribution >= 0.6 is 0 Å². The fourth-order valence-electron chi connectivity index (χ4n) is 2.98. The van der Waals surface area contributed by atoms with E-state index in [1.54, 1.807) is 24.3 Å². The number of aliphatic hydroxyl groups is 2. The Bertz CT molecular complexity index is 445. The molecule has 2 unspecified atom stereocenters. The lowest BCUT2D eigenvalue weighted by Gasteiger charge is -2.29. The molecule has 0 saturated carbocycles. The molecular weight excluding hydrogens is 296 g/mol. The largest absolute Gasteiger partial charge is 0.512 e. The van der Waals surface area contributed by atoms with Crippen molar-refractivity contribution in [2.24, 2.45) is 5.92 Å². The molecule has 2 N–H and O–H groups in total. The van der Waals surface area contributed by atoms with E-state index in [0.29, 0.717) is 0 Å². The summed E-state index contributed by atoms with van der Waals surface area (Å²) in [6, 6.07) is 0. The fourth-order valence-corrected chi connectivity index (χ4v) is 2.98. The predicted octanol–water partition coefficient (Wildman–Crippen LogP) is 6.40. The Hall–Kier alpha value is -1.28. The van der Waals surface area contributed by atoms with Crippen LogP contribution in [0.15, 0.2) is 48.3 Å². The third-order valence-corrected chi connectivity index (χ3v) is 4.85. The maximum atomic E-state index is 10.5.